The van der Waals surface area contributed by atoms with Crippen LogP contribution in [-0.4, -0.2) is 21.0 Å². The fraction of sp³-hybridized carbons (Fsp3) is 0.444. The first-order valence-corrected chi connectivity index (χ1v) is 4.26. The summed E-state index contributed by atoms with van der Waals surface area (Å²) < 4.78 is 0. The zero-order valence-electron chi connectivity index (χ0n) is 7.74. The van der Waals surface area contributed by atoms with Crippen LogP contribution in [0.1, 0.15) is 35.6 Å². The quantitative estimate of drug-likeness (QED) is 0.761. The van der Waals surface area contributed by atoms with E-state index >= 15 is 0 Å². The normalized spacial score (nSPS) is 10.0. The molecule has 0 amide bonds. The number of carbonyl (C=O) groups is 1. The van der Waals surface area contributed by atoms with Crippen LogP contribution in [-0.2, 0) is 12.8 Å². The zero-order valence-corrected chi connectivity index (χ0v) is 7.74. The van der Waals surface area contributed by atoms with E-state index in [0.29, 0.717) is 24.2 Å². The fourth-order valence-electron chi connectivity index (χ4n) is 1.25. The third-order valence-electron chi connectivity index (χ3n) is 1.89. The predicted octanol–water partition coefficient (Wildman–Crippen LogP) is 1.30. The molecule has 0 saturated heterocycles. The van der Waals surface area contributed by atoms with Crippen LogP contribution >= 0.6 is 0 Å². The van der Waals surface area contributed by atoms with Crippen molar-refractivity contribution in [2.24, 2.45) is 0 Å². The van der Waals surface area contributed by atoms with Gasteiger partial charge in [-0.05, 0) is 12.8 Å². The summed E-state index contributed by atoms with van der Waals surface area (Å²) in [6, 6.07) is 0. The number of nitrogens with zero attached hydrogens (tertiary/aromatic N) is 2. The van der Waals surface area contributed by atoms with Gasteiger partial charge in [-0.2, -0.15) is 0 Å². The average Bonchev–Trinajstić information content (AvgIpc) is 2.16. The first-order chi connectivity index (χ1) is 6.20. The van der Waals surface area contributed by atoms with Crippen LogP contribution in [0.3, 0.4) is 0 Å². The Balaban J connectivity index is 3.29. The summed E-state index contributed by atoms with van der Waals surface area (Å²) in [5.74, 6) is -0.936. The molecule has 70 valence electrons. The average molecular weight is 180 g/mol. The molecule has 0 saturated carbocycles. The Morgan fingerprint density at radius 3 is 2.08 bits per heavy atom. The molecule has 1 N–H and O–H groups in total. The molecular formula is C9H12N2O2. The van der Waals surface area contributed by atoms with E-state index in [4.69, 9.17) is 5.11 Å². The maximum Gasteiger partial charge on any atom is 0.339 e. The van der Waals surface area contributed by atoms with Gasteiger partial charge in [0.1, 0.15) is 11.9 Å². The summed E-state index contributed by atoms with van der Waals surface area (Å²) in [4.78, 5) is 18.8. The van der Waals surface area contributed by atoms with Gasteiger partial charge in [0.05, 0.1) is 11.4 Å². The van der Waals surface area contributed by atoms with Gasteiger partial charge in [0.2, 0.25) is 0 Å². The summed E-state index contributed by atoms with van der Waals surface area (Å²) in [5.41, 5.74) is 1.49. The number of carboxylic acids is 1. The van der Waals surface area contributed by atoms with E-state index in [9.17, 15) is 4.79 Å². The van der Waals surface area contributed by atoms with Crippen molar-refractivity contribution in [1.82, 2.24) is 9.97 Å². The fourth-order valence-corrected chi connectivity index (χ4v) is 1.25. The molecule has 0 spiro atoms. The van der Waals surface area contributed by atoms with Gasteiger partial charge in [-0.15, -0.1) is 0 Å². The first kappa shape index (κ1) is 9.64. The predicted molar refractivity (Wildman–Crippen MR) is 47.7 cm³/mol. The van der Waals surface area contributed by atoms with Crippen molar-refractivity contribution in [2.75, 3.05) is 0 Å². The van der Waals surface area contributed by atoms with Gasteiger partial charge >= 0.3 is 5.97 Å². The van der Waals surface area contributed by atoms with Crippen LogP contribution in [0.15, 0.2) is 6.33 Å². The lowest BCUT2D eigenvalue weighted by Crippen LogP contribution is -2.10. The zero-order chi connectivity index (χ0) is 9.84. The van der Waals surface area contributed by atoms with Gasteiger partial charge < -0.3 is 5.11 Å². The van der Waals surface area contributed by atoms with Crippen molar-refractivity contribution >= 4 is 5.97 Å². The Kier molecular flexibility index (Phi) is 2.95. The highest BCUT2D eigenvalue weighted by Gasteiger charge is 2.15. The number of hydrogen-bond donors (Lipinski definition) is 1. The molecule has 1 aromatic rings. The molecule has 0 bridgehead atoms. The highest BCUT2D eigenvalue weighted by Crippen LogP contribution is 2.11. The summed E-state index contributed by atoms with van der Waals surface area (Å²) in [5, 5.41) is 8.93. The van der Waals surface area contributed by atoms with E-state index in [-0.39, 0.29) is 5.56 Å². The molecule has 0 aromatic carbocycles. The molecule has 0 radical (unpaired) electrons. The van der Waals surface area contributed by atoms with Crippen LogP contribution in [0.25, 0.3) is 0 Å². The number of carboxylic acid groups (broad SMARTS) is 1. The van der Waals surface area contributed by atoms with E-state index in [0.717, 1.165) is 0 Å². The molecule has 4 heteroatoms. The van der Waals surface area contributed by atoms with Gasteiger partial charge in [-0.3, -0.25) is 0 Å². The molecule has 0 aliphatic heterocycles. The van der Waals surface area contributed by atoms with Crippen LogP contribution in [0, 0.1) is 0 Å². The second-order valence-corrected chi connectivity index (χ2v) is 2.65. The minimum Gasteiger partial charge on any atom is -0.478 e. The van der Waals surface area contributed by atoms with Gasteiger partial charge in [0, 0.05) is 0 Å². The molecule has 1 aromatic heterocycles. The minimum absolute atomic E-state index is 0.271. The second kappa shape index (κ2) is 3.98. The molecule has 0 aliphatic carbocycles. The summed E-state index contributed by atoms with van der Waals surface area (Å²) in [6.07, 6.45) is 2.67. The monoisotopic (exact) mass is 180 g/mol. The third kappa shape index (κ3) is 1.83. The highest BCUT2D eigenvalue weighted by atomic mass is 16.4. The number of hydrogen-bond acceptors (Lipinski definition) is 3. The van der Waals surface area contributed by atoms with Crippen molar-refractivity contribution in [3.63, 3.8) is 0 Å². The minimum atomic E-state index is -0.936. The van der Waals surface area contributed by atoms with Gasteiger partial charge in [-0.25, -0.2) is 14.8 Å². The van der Waals surface area contributed by atoms with Crippen LogP contribution in [0.4, 0.5) is 0 Å². The van der Waals surface area contributed by atoms with E-state index < -0.39 is 5.97 Å². The standard InChI is InChI=1S/C9H12N2O2/c1-3-6-8(9(12)13)7(4-2)11-5-10-6/h5H,3-4H2,1-2H3,(H,12,13). The van der Waals surface area contributed by atoms with Gasteiger partial charge in [0.25, 0.3) is 0 Å². The largest absolute Gasteiger partial charge is 0.478 e. The summed E-state index contributed by atoms with van der Waals surface area (Å²) in [7, 11) is 0. The Morgan fingerprint density at radius 2 is 1.77 bits per heavy atom. The summed E-state index contributed by atoms with van der Waals surface area (Å²) in [6.45, 7) is 3.77. The van der Waals surface area contributed by atoms with E-state index in [2.05, 4.69) is 9.97 Å². The van der Waals surface area contributed by atoms with Crippen molar-refractivity contribution in [2.45, 2.75) is 26.7 Å². The first-order valence-electron chi connectivity index (χ1n) is 4.26. The van der Waals surface area contributed by atoms with Gasteiger partial charge in [0.15, 0.2) is 0 Å². The molecule has 1 heterocycles. The Bertz CT molecular complexity index is 301. The Morgan fingerprint density at radius 1 is 1.31 bits per heavy atom. The SMILES string of the molecule is CCc1ncnc(CC)c1C(=O)O. The van der Waals surface area contributed by atoms with E-state index in [1.165, 1.54) is 6.33 Å². The second-order valence-electron chi connectivity index (χ2n) is 2.65. The molecule has 13 heavy (non-hydrogen) atoms. The topological polar surface area (TPSA) is 63.1 Å². The molecule has 0 aliphatic rings. The lowest BCUT2D eigenvalue weighted by atomic mass is 10.1. The highest BCUT2D eigenvalue weighted by molar-refractivity contribution is 5.90. The summed E-state index contributed by atoms with van der Waals surface area (Å²) >= 11 is 0. The van der Waals surface area contributed by atoms with E-state index in [1.54, 1.807) is 0 Å². The van der Waals surface area contributed by atoms with Crippen molar-refractivity contribution in [3.8, 4) is 0 Å². The number of aromatic nitrogens is 2. The maximum absolute atomic E-state index is 10.9. The molecule has 0 unspecified atom stereocenters. The van der Waals surface area contributed by atoms with Crippen molar-refractivity contribution in [1.29, 1.82) is 0 Å². The number of aryl methyl sites for hydroxylation is 2. The molecular weight excluding hydrogens is 168 g/mol. The van der Waals surface area contributed by atoms with Crippen molar-refractivity contribution < 1.29 is 9.90 Å². The van der Waals surface area contributed by atoms with Crippen LogP contribution in [0.5, 0.6) is 0 Å². The Hall–Kier alpha value is -1.45. The third-order valence-corrected chi connectivity index (χ3v) is 1.89. The molecule has 4 nitrogen and oxygen atoms in total. The number of rotatable bonds is 3. The maximum atomic E-state index is 10.9. The molecule has 0 atom stereocenters. The number of aromatic carboxylic acids is 1. The van der Waals surface area contributed by atoms with Gasteiger partial charge in [-0.1, -0.05) is 13.8 Å². The lowest BCUT2D eigenvalue weighted by Gasteiger charge is -2.05. The van der Waals surface area contributed by atoms with Crippen LogP contribution < -0.4 is 0 Å². The Labute approximate surface area is 76.7 Å². The van der Waals surface area contributed by atoms with E-state index in [1.807, 2.05) is 13.8 Å². The lowest BCUT2D eigenvalue weighted by molar-refractivity contribution is 0.0693. The molecule has 0 fully saturated rings. The van der Waals surface area contributed by atoms with Crippen molar-refractivity contribution in [3.05, 3.63) is 23.3 Å². The van der Waals surface area contributed by atoms with Crippen LogP contribution in [0.2, 0.25) is 0 Å². The smallest absolute Gasteiger partial charge is 0.339 e. The molecule has 1 rings (SSSR count).